The summed E-state index contributed by atoms with van der Waals surface area (Å²) in [5.74, 6) is -1.15. The molecule has 1 aromatic carbocycles. The van der Waals surface area contributed by atoms with Gasteiger partial charge in [0.2, 0.25) is 5.95 Å². The Balaban J connectivity index is 2.32. The van der Waals surface area contributed by atoms with Crippen molar-refractivity contribution in [3.05, 3.63) is 63.0 Å². The summed E-state index contributed by atoms with van der Waals surface area (Å²) >= 11 is 0. The second-order valence-corrected chi connectivity index (χ2v) is 4.77. The predicted octanol–water partition coefficient (Wildman–Crippen LogP) is 0.742. The van der Waals surface area contributed by atoms with E-state index in [1.165, 1.54) is 18.2 Å². The number of benzene rings is 1. The molecular weight excluding hydrogens is 287 g/mol. The Morgan fingerprint density at radius 3 is 2.82 bits per heavy atom. The Labute approximate surface area is 124 Å². The molecule has 0 radical (unpaired) electrons. The summed E-state index contributed by atoms with van der Waals surface area (Å²) in [7, 11) is 0. The Morgan fingerprint density at radius 1 is 1.36 bits per heavy atom. The number of fused-ring (bicyclic) bond motifs is 1. The number of nitrogen functional groups attached to an aromatic ring is 1. The Bertz CT molecular complexity index is 895. The average Bonchev–Trinajstić information content (AvgIpc) is 2.45. The molecule has 6 N–H and O–H groups in total. The number of aromatic nitrogens is 2. The number of rotatable bonds is 1. The van der Waals surface area contributed by atoms with Crippen LogP contribution in [0, 0.1) is 17.1 Å². The van der Waals surface area contributed by atoms with Gasteiger partial charge in [-0.3, -0.25) is 9.78 Å². The van der Waals surface area contributed by atoms with Crippen LogP contribution in [0.15, 0.2) is 40.5 Å². The van der Waals surface area contributed by atoms with Gasteiger partial charge in [0.15, 0.2) is 0 Å². The lowest BCUT2D eigenvalue weighted by Gasteiger charge is -2.25. The van der Waals surface area contributed by atoms with Crippen LogP contribution in [0.3, 0.4) is 0 Å². The first-order valence-corrected chi connectivity index (χ1v) is 6.33. The Hall–Kier alpha value is -3.34. The van der Waals surface area contributed by atoms with Crippen molar-refractivity contribution in [1.82, 2.24) is 9.97 Å². The molecule has 2 aromatic rings. The lowest BCUT2D eigenvalue weighted by molar-refractivity contribution is 0.624. The van der Waals surface area contributed by atoms with Crippen LogP contribution in [0.25, 0.3) is 0 Å². The van der Waals surface area contributed by atoms with E-state index in [1.54, 1.807) is 6.07 Å². The van der Waals surface area contributed by atoms with Crippen LogP contribution < -0.4 is 22.3 Å². The lowest BCUT2D eigenvalue weighted by Crippen LogP contribution is -2.30. The molecule has 7 nitrogen and oxygen atoms in total. The topological polar surface area (TPSA) is 134 Å². The van der Waals surface area contributed by atoms with Gasteiger partial charge in [-0.1, -0.05) is 12.1 Å². The molecule has 1 aromatic heterocycles. The quantitative estimate of drug-likeness (QED) is 0.613. The molecule has 0 bridgehead atoms. The number of nitrogens with zero attached hydrogens (tertiary/aromatic N) is 2. The van der Waals surface area contributed by atoms with E-state index in [4.69, 9.17) is 11.5 Å². The van der Waals surface area contributed by atoms with Crippen molar-refractivity contribution in [3.8, 4) is 6.07 Å². The van der Waals surface area contributed by atoms with E-state index < -0.39 is 17.3 Å². The van der Waals surface area contributed by atoms with Gasteiger partial charge in [0.25, 0.3) is 5.56 Å². The smallest absolute Gasteiger partial charge is 0.258 e. The lowest BCUT2D eigenvalue weighted by atomic mass is 9.84. The molecule has 1 aliphatic heterocycles. The van der Waals surface area contributed by atoms with Crippen molar-refractivity contribution >= 4 is 11.8 Å². The number of halogens is 1. The monoisotopic (exact) mass is 298 g/mol. The first-order valence-electron chi connectivity index (χ1n) is 6.33. The van der Waals surface area contributed by atoms with Gasteiger partial charge >= 0.3 is 0 Å². The third-order valence-electron chi connectivity index (χ3n) is 3.40. The molecule has 8 heteroatoms. The van der Waals surface area contributed by atoms with Crippen LogP contribution in [-0.4, -0.2) is 9.97 Å². The number of aromatic amines is 1. The van der Waals surface area contributed by atoms with Gasteiger partial charge in [-0.15, -0.1) is 0 Å². The molecule has 1 unspecified atom stereocenters. The number of anilines is 2. The van der Waals surface area contributed by atoms with E-state index in [1.807, 2.05) is 6.07 Å². The number of allylic oxidation sites excluding steroid dienone is 1. The summed E-state index contributed by atoms with van der Waals surface area (Å²) in [6.07, 6.45) is 0. The summed E-state index contributed by atoms with van der Waals surface area (Å²) in [6, 6.07) is 7.60. The molecule has 0 saturated heterocycles. The number of H-pyrrole nitrogens is 1. The zero-order valence-electron chi connectivity index (χ0n) is 11.2. The summed E-state index contributed by atoms with van der Waals surface area (Å²) in [5.41, 5.74) is 11.6. The zero-order chi connectivity index (χ0) is 15.9. The van der Waals surface area contributed by atoms with Gasteiger partial charge in [0.05, 0.1) is 23.1 Å². The maximum atomic E-state index is 13.5. The van der Waals surface area contributed by atoms with Crippen molar-refractivity contribution in [2.24, 2.45) is 5.73 Å². The number of nitrogens with two attached hydrogens (primary N) is 2. The van der Waals surface area contributed by atoms with Gasteiger partial charge in [-0.25, -0.2) is 4.39 Å². The molecule has 0 aliphatic carbocycles. The van der Waals surface area contributed by atoms with E-state index in [9.17, 15) is 14.4 Å². The molecule has 1 atom stereocenters. The Kier molecular flexibility index (Phi) is 3.03. The van der Waals surface area contributed by atoms with E-state index in [2.05, 4.69) is 15.3 Å². The van der Waals surface area contributed by atoms with Crippen LogP contribution in [0.4, 0.5) is 16.2 Å². The number of hydrogen-bond acceptors (Lipinski definition) is 6. The van der Waals surface area contributed by atoms with Gasteiger partial charge in [-0.05, 0) is 17.7 Å². The summed E-state index contributed by atoms with van der Waals surface area (Å²) < 4.78 is 13.5. The van der Waals surface area contributed by atoms with Gasteiger partial charge < -0.3 is 16.8 Å². The highest BCUT2D eigenvalue weighted by Gasteiger charge is 2.32. The fourth-order valence-electron chi connectivity index (χ4n) is 2.50. The molecular formula is C14H11FN6O. The van der Waals surface area contributed by atoms with Crippen LogP contribution in [0.2, 0.25) is 0 Å². The molecule has 0 spiro atoms. The SMILES string of the molecule is N#CC1=C(N)Nc2nc(N)[nH]c(=O)c2C1c1cccc(F)c1. The largest absolute Gasteiger partial charge is 0.384 e. The molecule has 0 amide bonds. The average molecular weight is 298 g/mol. The van der Waals surface area contributed by atoms with Crippen molar-refractivity contribution in [1.29, 1.82) is 5.26 Å². The minimum absolute atomic E-state index is 0.0572. The molecule has 1 aliphatic rings. The van der Waals surface area contributed by atoms with Crippen molar-refractivity contribution in [2.75, 3.05) is 11.1 Å². The third kappa shape index (κ3) is 2.05. The molecule has 2 heterocycles. The molecule has 22 heavy (non-hydrogen) atoms. The zero-order valence-corrected chi connectivity index (χ0v) is 11.2. The first-order chi connectivity index (χ1) is 10.5. The van der Waals surface area contributed by atoms with Crippen LogP contribution >= 0.6 is 0 Å². The van der Waals surface area contributed by atoms with Crippen molar-refractivity contribution < 1.29 is 4.39 Å². The second kappa shape index (κ2) is 4.89. The minimum Gasteiger partial charge on any atom is -0.384 e. The highest BCUT2D eigenvalue weighted by molar-refractivity contribution is 5.64. The van der Waals surface area contributed by atoms with Crippen molar-refractivity contribution in [2.45, 2.75) is 5.92 Å². The predicted molar refractivity (Wildman–Crippen MR) is 78.0 cm³/mol. The summed E-state index contributed by atoms with van der Waals surface area (Å²) in [4.78, 5) is 18.6. The van der Waals surface area contributed by atoms with E-state index in [0.29, 0.717) is 5.56 Å². The third-order valence-corrected chi connectivity index (χ3v) is 3.40. The second-order valence-electron chi connectivity index (χ2n) is 4.77. The highest BCUT2D eigenvalue weighted by Crippen LogP contribution is 2.37. The number of nitriles is 1. The number of nitrogens with one attached hydrogen (secondary N) is 2. The summed E-state index contributed by atoms with van der Waals surface area (Å²) in [6.45, 7) is 0. The Morgan fingerprint density at radius 2 is 2.14 bits per heavy atom. The fraction of sp³-hybridized carbons (Fsp3) is 0.0714. The first kappa shape index (κ1) is 13.6. The van der Waals surface area contributed by atoms with E-state index in [0.717, 1.165) is 0 Å². The van der Waals surface area contributed by atoms with Gasteiger partial charge in [0, 0.05) is 0 Å². The van der Waals surface area contributed by atoms with E-state index in [-0.39, 0.29) is 28.7 Å². The molecule has 0 saturated carbocycles. The molecule has 110 valence electrons. The van der Waals surface area contributed by atoms with Crippen LogP contribution in [0.5, 0.6) is 0 Å². The molecule has 3 rings (SSSR count). The van der Waals surface area contributed by atoms with E-state index >= 15 is 0 Å². The maximum absolute atomic E-state index is 13.5. The van der Waals surface area contributed by atoms with Crippen molar-refractivity contribution in [3.63, 3.8) is 0 Å². The van der Waals surface area contributed by atoms with Gasteiger partial charge in [-0.2, -0.15) is 10.2 Å². The standard InChI is InChI=1S/C14H11FN6O/c15-7-3-1-2-6(4-7)9-8(5-16)11(17)19-12-10(9)13(22)21-14(18)20-12/h1-4,9H,17H2,(H4,18,19,20,21,22). The highest BCUT2D eigenvalue weighted by atomic mass is 19.1. The maximum Gasteiger partial charge on any atom is 0.258 e. The molecule has 0 fully saturated rings. The van der Waals surface area contributed by atoms with Crippen LogP contribution in [0.1, 0.15) is 17.0 Å². The van der Waals surface area contributed by atoms with Gasteiger partial charge in [0.1, 0.15) is 17.5 Å². The summed E-state index contributed by atoms with van der Waals surface area (Å²) in [5, 5.41) is 12.0. The minimum atomic E-state index is -0.811. The number of hydrogen-bond donors (Lipinski definition) is 4. The van der Waals surface area contributed by atoms with Crippen LogP contribution in [-0.2, 0) is 0 Å². The fourth-order valence-corrected chi connectivity index (χ4v) is 2.50. The normalized spacial score (nSPS) is 16.6.